The normalized spacial score (nSPS) is 13.9. The van der Waals surface area contributed by atoms with Crippen LogP contribution in [0, 0.1) is 11.8 Å². The van der Waals surface area contributed by atoms with Crippen molar-refractivity contribution in [2.24, 2.45) is 11.8 Å². The van der Waals surface area contributed by atoms with Crippen LogP contribution in [0.1, 0.15) is 66.4 Å². The molecule has 0 spiro atoms. The minimum Gasteiger partial charge on any atom is -0.488 e. The molecular weight excluding hydrogens is 232 g/mol. The van der Waals surface area contributed by atoms with Crippen LogP contribution in [0.2, 0.25) is 0 Å². The molecule has 0 aliphatic rings. The SMILES string of the molecule is CC(C)CC(c1ccc(OC(C)(C)C)cc1)C(C)C. The Morgan fingerprint density at radius 1 is 0.947 bits per heavy atom. The van der Waals surface area contributed by atoms with E-state index in [1.807, 2.05) is 0 Å². The monoisotopic (exact) mass is 262 g/mol. The van der Waals surface area contributed by atoms with Gasteiger partial charge in [-0.15, -0.1) is 0 Å². The Morgan fingerprint density at radius 2 is 1.47 bits per heavy atom. The quantitative estimate of drug-likeness (QED) is 0.666. The molecule has 1 nitrogen and oxygen atoms in total. The number of rotatable bonds is 5. The van der Waals surface area contributed by atoms with Crippen molar-refractivity contribution in [3.63, 3.8) is 0 Å². The van der Waals surface area contributed by atoms with Gasteiger partial charge in [0.1, 0.15) is 11.4 Å². The van der Waals surface area contributed by atoms with Crippen LogP contribution in [0.5, 0.6) is 5.75 Å². The van der Waals surface area contributed by atoms with Gasteiger partial charge >= 0.3 is 0 Å². The molecule has 1 aromatic rings. The predicted molar refractivity (Wildman–Crippen MR) is 83.9 cm³/mol. The van der Waals surface area contributed by atoms with Gasteiger partial charge in [-0.25, -0.2) is 0 Å². The van der Waals surface area contributed by atoms with Crippen LogP contribution < -0.4 is 4.74 Å². The molecule has 0 heterocycles. The van der Waals surface area contributed by atoms with Gasteiger partial charge in [0.25, 0.3) is 0 Å². The van der Waals surface area contributed by atoms with Gasteiger partial charge in [0, 0.05) is 0 Å². The second kappa shape index (κ2) is 6.45. The van der Waals surface area contributed by atoms with Crippen LogP contribution in [-0.2, 0) is 0 Å². The topological polar surface area (TPSA) is 9.23 Å². The first-order valence-electron chi connectivity index (χ1n) is 7.48. The van der Waals surface area contributed by atoms with Crippen molar-refractivity contribution in [3.05, 3.63) is 29.8 Å². The lowest BCUT2D eigenvalue weighted by Gasteiger charge is -2.25. The largest absolute Gasteiger partial charge is 0.488 e. The number of hydrogen-bond acceptors (Lipinski definition) is 1. The molecule has 0 N–H and O–H groups in total. The molecule has 1 heteroatoms. The molecule has 0 aliphatic carbocycles. The summed E-state index contributed by atoms with van der Waals surface area (Å²) >= 11 is 0. The second-order valence-corrected chi connectivity index (χ2v) is 7.26. The van der Waals surface area contributed by atoms with E-state index in [-0.39, 0.29) is 5.60 Å². The van der Waals surface area contributed by atoms with E-state index in [0.29, 0.717) is 11.8 Å². The molecule has 0 aliphatic heterocycles. The van der Waals surface area contributed by atoms with Gasteiger partial charge in [-0.2, -0.15) is 0 Å². The first-order valence-corrected chi connectivity index (χ1v) is 7.48. The van der Waals surface area contributed by atoms with E-state index in [9.17, 15) is 0 Å². The predicted octanol–water partition coefficient (Wildman–Crippen LogP) is 5.65. The van der Waals surface area contributed by atoms with E-state index in [2.05, 4.69) is 72.7 Å². The zero-order valence-corrected chi connectivity index (χ0v) is 13.7. The highest BCUT2D eigenvalue weighted by Gasteiger charge is 2.18. The van der Waals surface area contributed by atoms with E-state index in [0.717, 1.165) is 11.7 Å². The molecule has 1 aromatic carbocycles. The summed E-state index contributed by atoms with van der Waals surface area (Å²) in [4.78, 5) is 0. The second-order valence-electron chi connectivity index (χ2n) is 7.26. The fourth-order valence-electron chi connectivity index (χ4n) is 2.44. The summed E-state index contributed by atoms with van der Waals surface area (Å²) in [6, 6.07) is 8.68. The Morgan fingerprint density at radius 3 is 1.84 bits per heavy atom. The third-order valence-electron chi connectivity index (χ3n) is 3.26. The van der Waals surface area contributed by atoms with Crippen LogP contribution >= 0.6 is 0 Å². The molecule has 0 aromatic heterocycles. The summed E-state index contributed by atoms with van der Waals surface area (Å²) in [6.45, 7) is 15.5. The van der Waals surface area contributed by atoms with E-state index in [1.54, 1.807) is 0 Å². The molecule has 19 heavy (non-hydrogen) atoms. The lowest BCUT2D eigenvalue weighted by atomic mass is 9.82. The third-order valence-corrected chi connectivity index (χ3v) is 3.26. The summed E-state index contributed by atoms with van der Waals surface area (Å²) in [6.07, 6.45) is 1.25. The van der Waals surface area contributed by atoms with Crippen molar-refractivity contribution >= 4 is 0 Å². The summed E-state index contributed by atoms with van der Waals surface area (Å²) in [5, 5.41) is 0. The average Bonchev–Trinajstić information content (AvgIpc) is 2.24. The summed E-state index contributed by atoms with van der Waals surface area (Å²) in [7, 11) is 0. The van der Waals surface area contributed by atoms with E-state index >= 15 is 0 Å². The van der Waals surface area contributed by atoms with Gasteiger partial charge in [0.15, 0.2) is 0 Å². The fourth-order valence-corrected chi connectivity index (χ4v) is 2.44. The molecule has 0 bridgehead atoms. The Labute approximate surface area is 119 Å². The Kier molecular flexibility index (Phi) is 5.46. The first kappa shape index (κ1) is 16.1. The summed E-state index contributed by atoms with van der Waals surface area (Å²) in [5.74, 6) is 3.02. The molecule has 0 fully saturated rings. The molecular formula is C18H30O. The van der Waals surface area contributed by atoms with Gasteiger partial charge in [-0.1, -0.05) is 39.8 Å². The molecule has 0 saturated carbocycles. The maximum absolute atomic E-state index is 5.88. The van der Waals surface area contributed by atoms with Crippen molar-refractivity contribution in [1.82, 2.24) is 0 Å². The molecule has 1 unspecified atom stereocenters. The van der Waals surface area contributed by atoms with Crippen LogP contribution in [-0.4, -0.2) is 5.60 Å². The van der Waals surface area contributed by atoms with Crippen molar-refractivity contribution in [1.29, 1.82) is 0 Å². The molecule has 1 atom stereocenters. The average molecular weight is 262 g/mol. The van der Waals surface area contributed by atoms with Crippen LogP contribution in [0.15, 0.2) is 24.3 Å². The van der Waals surface area contributed by atoms with Gasteiger partial charge in [0.05, 0.1) is 0 Å². The zero-order chi connectivity index (χ0) is 14.6. The number of ether oxygens (including phenoxy) is 1. The lowest BCUT2D eigenvalue weighted by molar-refractivity contribution is 0.131. The van der Waals surface area contributed by atoms with Gasteiger partial charge in [0.2, 0.25) is 0 Å². The maximum atomic E-state index is 5.88. The minimum atomic E-state index is -0.128. The standard InChI is InChI=1S/C18H30O/c1-13(2)12-17(14(3)4)15-8-10-16(11-9-15)19-18(5,6)7/h8-11,13-14,17H,12H2,1-7H3. The van der Waals surface area contributed by atoms with Crippen molar-refractivity contribution < 1.29 is 4.74 Å². The highest BCUT2D eigenvalue weighted by molar-refractivity contribution is 5.30. The Balaban J connectivity index is 2.83. The van der Waals surface area contributed by atoms with Crippen LogP contribution in [0.3, 0.4) is 0 Å². The van der Waals surface area contributed by atoms with Crippen LogP contribution in [0.25, 0.3) is 0 Å². The first-order chi connectivity index (χ1) is 8.69. The number of hydrogen-bond donors (Lipinski definition) is 0. The van der Waals surface area contributed by atoms with Gasteiger partial charge in [-0.05, 0) is 62.6 Å². The fraction of sp³-hybridized carbons (Fsp3) is 0.667. The Bertz CT molecular complexity index is 368. The Hall–Kier alpha value is -0.980. The zero-order valence-electron chi connectivity index (χ0n) is 13.7. The lowest BCUT2D eigenvalue weighted by Crippen LogP contribution is -2.22. The third kappa shape index (κ3) is 5.67. The maximum Gasteiger partial charge on any atom is 0.120 e. The van der Waals surface area contributed by atoms with E-state index in [4.69, 9.17) is 4.74 Å². The van der Waals surface area contributed by atoms with Crippen molar-refractivity contribution in [3.8, 4) is 5.75 Å². The molecule has 108 valence electrons. The molecule has 0 amide bonds. The van der Waals surface area contributed by atoms with E-state index in [1.165, 1.54) is 12.0 Å². The van der Waals surface area contributed by atoms with Crippen molar-refractivity contribution in [2.45, 2.75) is 66.4 Å². The molecule has 0 saturated heterocycles. The smallest absolute Gasteiger partial charge is 0.120 e. The van der Waals surface area contributed by atoms with E-state index < -0.39 is 0 Å². The molecule has 1 rings (SSSR count). The molecule has 0 radical (unpaired) electrons. The number of benzene rings is 1. The highest BCUT2D eigenvalue weighted by Crippen LogP contribution is 2.32. The van der Waals surface area contributed by atoms with Crippen LogP contribution in [0.4, 0.5) is 0 Å². The summed E-state index contributed by atoms with van der Waals surface area (Å²) in [5.41, 5.74) is 1.31. The minimum absolute atomic E-state index is 0.128. The van der Waals surface area contributed by atoms with Gasteiger partial charge in [-0.3, -0.25) is 0 Å². The summed E-state index contributed by atoms with van der Waals surface area (Å²) < 4.78 is 5.88. The highest BCUT2D eigenvalue weighted by atomic mass is 16.5. The van der Waals surface area contributed by atoms with Crippen molar-refractivity contribution in [2.75, 3.05) is 0 Å². The van der Waals surface area contributed by atoms with Gasteiger partial charge < -0.3 is 4.74 Å².